The fourth-order valence-corrected chi connectivity index (χ4v) is 2.42. The summed E-state index contributed by atoms with van der Waals surface area (Å²) in [5.41, 5.74) is 1.02. The Balaban J connectivity index is 1.87. The number of ether oxygens (including phenoxy) is 2. The van der Waals surface area contributed by atoms with E-state index in [-0.39, 0.29) is 17.4 Å². The van der Waals surface area contributed by atoms with E-state index in [4.69, 9.17) is 4.74 Å². The second kappa shape index (κ2) is 6.50. The van der Waals surface area contributed by atoms with Gasteiger partial charge in [0, 0.05) is 19.7 Å². The van der Waals surface area contributed by atoms with Gasteiger partial charge in [0.15, 0.2) is 0 Å². The minimum absolute atomic E-state index is 0.0208. The van der Waals surface area contributed by atoms with Crippen LogP contribution in [0.25, 0.3) is 0 Å². The highest BCUT2D eigenvalue weighted by Crippen LogP contribution is 2.34. The summed E-state index contributed by atoms with van der Waals surface area (Å²) in [5.74, 6) is 0.184. The van der Waals surface area contributed by atoms with Crippen LogP contribution >= 0.6 is 0 Å². The molecule has 1 aliphatic rings. The van der Waals surface area contributed by atoms with Crippen LogP contribution in [-0.2, 0) is 4.74 Å². The third-order valence-electron chi connectivity index (χ3n) is 4.03. The molecule has 0 spiro atoms. The van der Waals surface area contributed by atoms with E-state index >= 15 is 0 Å². The molecule has 1 unspecified atom stereocenters. The van der Waals surface area contributed by atoms with Crippen molar-refractivity contribution in [3.63, 3.8) is 0 Å². The first-order valence-electron chi connectivity index (χ1n) is 6.88. The number of methoxy groups -OCH3 is 1. The summed E-state index contributed by atoms with van der Waals surface area (Å²) < 4.78 is 34.0. The van der Waals surface area contributed by atoms with E-state index in [0.29, 0.717) is 0 Å². The number of alkyl halides is 2. The van der Waals surface area contributed by atoms with Crippen molar-refractivity contribution in [2.75, 3.05) is 13.7 Å². The number of rotatable bonds is 7. The number of halogens is 2. The smallest absolute Gasteiger partial charge is 0.387 e. The summed E-state index contributed by atoms with van der Waals surface area (Å²) in [7, 11) is 1.75. The Morgan fingerprint density at radius 1 is 1.25 bits per heavy atom. The monoisotopic (exact) mass is 285 g/mol. The molecule has 0 bridgehead atoms. The van der Waals surface area contributed by atoms with Crippen molar-refractivity contribution in [1.29, 1.82) is 0 Å². The van der Waals surface area contributed by atoms with Crippen molar-refractivity contribution in [1.82, 2.24) is 5.32 Å². The zero-order valence-corrected chi connectivity index (χ0v) is 11.9. The molecule has 5 heteroatoms. The molecule has 0 saturated heterocycles. The second-order valence-corrected chi connectivity index (χ2v) is 5.29. The van der Waals surface area contributed by atoms with Crippen LogP contribution in [0.2, 0.25) is 0 Å². The van der Waals surface area contributed by atoms with E-state index in [1.807, 2.05) is 6.92 Å². The molecule has 1 atom stereocenters. The Labute approximate surface area is 118 Å². The highest BCUT2D eigenvalue weighted by molar-refractivity contribution is 5.29. The van der Waals surface area contributed by atoms with Gasteiger partial charge in [0.25, 0.3) is 0 Å². The van der Waals surface area contributed by atoms with Crippen molar-refractivity contribution < 1.29 is 18.3 Å². The van der Waals surface area contributed by atoms with Crippen LogP contribution in [0.15, 0.2) is 24.3 Å². The number of benzene rings is 1. The Morgan fingerprint density at radius 3 is 2.35 bits per heavy atom. The van der Waals surface area contributed by atoms with Crippen LogP contribution in [0, 0.1) is 0 Å². The lowest BCUT2D eigenvalue weighted by molar-refractivity contribution is -0.0706. The molecule has 0 amide bonds. The Hall–Kier alpha value is -1.20. The summed E-state index contributed by atoms with van der Waals surface area (Å²) in [4.78, 5) is 0. The van der Waals surface area contributed by atoms with Gasteiger partial charge in [-0.3, -0.25) is 0 Å². The first-order valence-corrected chi connectivity index (χ1v) is 6.88. The molecule has 0 aromatic heterocycles. The predicted molar refractivity (Wildman–Crippen MR) is 73.1 cm³/mol. The van der Waals surface area contributed by atoms with Gasteiger partial charge in [-0.25, -0.2) is 0 Å². The molecule has 112 valence electrons. The van der Waals surface area contributed by atoms with Gasteiger partial charge < -0.3 is 14.8 Å². The van der Waals surface area contributed by atoms with Gasteiger partial charge in [0.2, 0.25) is 0 Å². The molecule has 0 aliphatic heterocycles. The third-order valence-corrected chi connectivity index (χ3v) is 4.03. The van der Waals surface area contributed by atoms with E-state index in [1.54, 1.807) is 31.4 Å². The number of hydrogen-bond acceptors (Lipinski definition) is 3. The Morgan fingerprint density at radius 2 is 1.90 bits per heavy atom. The quantitative estimate of drug-likeness (QED) is 0.831. The molecule has 1 aliphatic carbocycles. The van der Waals surface area contributed by atoms with Crippen LogP contribution in [0.5, 0.6) is 5.75 Å². The third kappa shape index (κ3) is 3.67. The van der Waals surface area contributed by atoms with Gasteiger partial charge >= 0.3 is 6.61 Å². The topological polar surface area (TPSA) is 30.5 Å². The molecule has 1 fully saturated rings. The number of nitrogens with one attached hydrogen (secondary N) is 1. The van der Waals surface area contributed by atoms with Gasteiger partial charge in [-0.1, -0.05) is 12.1 Å². The first-order chi connectivity index (χ1) is 9.54. The second-order valence-electron chi connectivity index (χ2n) is 5.29. The Kier molecular flexibility index (Phi) is 4.94. The molecule has 20 heavy (non-hydrogen) atoms. The largest absolute Gasteiger partial charge is 0.435 e. The van der Waals surface area contributed by atoms with Crippen molar-refractivity contribution in [3.8, 4) is 5.75 Å². The zero-order chi connectivity index (χ0) is 14.6. The molecule has 1 aromatic carbocycles. The van der Waals surface area contributed by atoms with Crippen LogP contribution in [-0.4, -0.2) is 25.9 Å². The molecule has 0 heterocycles. The van der Waals surface area contributed by atoms with Crippen molar-refractivity contribution in [2.45, 2.75) is 44.4 Å². The highest BCUT2D eigenvalue weighted by atomic mass is 19.3. The summed E-state index contributed by atoms with van der Waals surface area (Å²) in [6.07, 6.45) is 3.39. The van der Waals surface area contributed by atoms with Gasteiger partial charge in [0.05, 0.1) is 5.60 Å². The molecule has 3 nitrogen and oxygen atoms in total. The normalized spacial score (nSPS) is 18.6. The zero-order valence-electron chi connectivity index (χ0n) is 11.9. The van der Waals surface area contributed by atoms with Crippen LogP contribution < -0.4 is 10.1 Å². The van der Waals surface area contributed by atoms with Gasteiger partial charge in [-0.15, -0.1) is 0 Å². The Bertz CT molecular complexity index is 413. The van der Waals surface area contributed by atoms with Crippen molar-refractivity contribution in [3.05, 3.63) is 29.8 Å². The van der Waals surface area contributed by atoms with Crippen LogP contribution in [0.1, 0.15) is 37.8 Å². The van der Waals surface area contributed by atoms with Crippen molar-refractivity contribution in [2.24, 2.45) is 0 Å². The SMILES string of the molecule is COC1(CNC(C)c2ccc(OC(F)F)cc2)CCC1. The lowest BCUT2D eigenvalue weighted by atomic mass is 9.80. The molecule has 1 saturated carbocycles. The fourth-order valence-electron chi connectivity index (χ4n) is 2.42. The molecule has 1 aromatic rings. The van der Waals surface area contributed by atoms with Crippen LogP contribution in [0.4, 0.5) is 8.78 Å². The molecule has 2 rings (SSSR count). The van der Waals surface area contributed by atoms with E-state index in [2.05, 4.69) is 10.1 Å². The average Bonchev–Trinajstić information content (AvgIpc) is 2.38. The minimum Gasteiger partial charge on any atom is -0.435 e. The lowest BCUT2D eigenvalue weighted by Crippen LogP contribution is -2.48. The standard InChI is InChI=1S/C15H21F2NO2/c1-11(18-10-15(19-2)8-3-9-15)12-4-6-13(7-5-12)20-14(16)17/h4-7,11,14,18H,3,8-10H2,1-2H3. The maximum absolute atomic E-state index is 12.1. The van der Waals surface area contributed by atoms with Crippen LogP contribution in [0.3, 0.4) is 0 Å². The number of hydrogen-bond donors (Lipinski definition) is 1. The summed E-state index contributed by atoms with van der Waals surface area (Å²) in [6, 6.07) is 6.87. The highest BCUT2D eigenvalue weighted by Gasteiger charge is 2.36. The van der Waals surface area contributed by atoms with Gasteiger partial charge in [-0.2, -0.15) is 8.78 Å². The van der Waals surface area contributed by atoms with Gasteiger partial charge in [0.1, 0.15) is 5.75 Å². The van der Waals surface area contributed by atoms with E-state index in [1.165, 1.54) is 6.42 Å². The lowest BCUT2D eigenvalue weighted by Gasteiger charge is -2.41. The summed E-state index contributed by atoms with van der Waals surface area (Å²) in [5, 5.41) is 3.44. The molecular formula is C15H21F2NO2. The maximum Gasteiger partial charge on any atom is 0.387 e. The molecule has 0 radical (unpaired) electrons. The summed E-state index contributed by atoms with van der Waals surface area (Å²) >= 11 is 0. The molecule has 1 N–H and O–H groups in total. The minimum atomic E-state index is -2.78. The van der Waals surface area contributed by atoms with E-state index in [9.17, 15) is 8.78 Å². The molecular weight excluding hydrogens is 264 g/mol. The van der Waals surface area contributed by atoms with E-state index < -0.39 is 6.61 Å². The predicted octanol–water partition coefficient (Wildman–Crippen LogP) is 3.51. The van der Waals surface area contributed by atoms with E-state index in [0.717, 1.165) is 24.9 Å². The van der Waals surface area contributed by atoms with Gasteiger partial charge in [-0.05, 0) is 43.9 Å². The summed E-state index contributed by atoms with van der Waals surface area (Å²) in [6.45, 7) is 0.0712. The fraction of sp³-hybridized carbons (Fsp3) is 0.600. The first kappa shape index (κ1) is 15.2. The maximum atomic E-state index is 12.1. The average molecular weight is 285 g/mol. The van der Waals surface area contributed by atoms with Crippen molar-refractivity contribution >= 4 is 0 Å².